The van der Waals surface area contributed by atoms with E-state index in [9.17, 15) is 18.0 Å². The summed E-state index contributed by atoms with van der Waals surface area (Å²) in [5, 5.41) is 4.99. The average molecular weight is 466 g/mol. The second-order valence-corrected chi connectivity index (χ2v) is 8.36. The van der Waals surface area contributed by atoms with Gasteiger partial charge in [0.15, 0.2) is 5.65 Å². The highest BCUT2D eigenvalue weighted by molar-refractivity contribution is 6.31. The molecule has 1 amide bonds. The van der Waals surface area contributed by atoms with Crippen molar-refractivity contribution in [3.63, 3.8) is 0 Å². The van der Waals surface area contributed by atoms with E-state index in [1.165, 1.54) is 16.8 Å². The molecule has 170 valence electrons. The molecule has 3 aromatic rings. The van der Waals surface area contributed by atoms with Gasteiger partial charge in [0.25, 0.3) is 6.43 Å². The van der Waals surface area contributed by atoms with Crippen molar-refractivity contribution in [3.05, 3.63) is 57.6 Å². The van der Waals surface area contributed by atoms with Crippen molar-refractivity contribution in [1.82, 2.24) is 24.6 Å². The highest BCUT2D eigenvalue weighted by Gasteiger charge is 2.25. The molecule has 0 aliphatic carbocycles. The Morgan fingerprint density at radius 1 is 1.19 bits per heavy atom. The summed E-state index contributed by atoms with van der Waals surface area (Å²) in [7, 11) is 0. The van der Waals surface area contributed by atoms with Gasteiger partial charge in [0.05, 0.1) is 11.1 Å². The van der Waals surface area contributed by atoms with E-state index in [4.69, 9.17) is 11.6 Å². The first-order valence-corrected chi connectivity index (χ1v) is 10.7. The van der Waals surface area contributed by atoms with E-state index in [2.05, 4.69) is 10.1 Å². The Morgan fingerprint density at radius 2 is 1.91 bits per heavy atom. The fourth-order valence-corrected chi connectivity index (χ4v) is 4.31. The average Bonchev–Trinajstić information content (AvgIpc) is 3.05. The monoisotopic (exact) mass is 465 g/mol. The minimum absolute atomic E-state index is 0.0807. The molecule has 0 spiro atoms. The number of benzene rings is 1. The molecule has 1 aromatic carbocycles. The molecule has 1 aliphatic rings. The van der Waals surface area contributed by atoms with Gasteiger partial charge >= 0.3 is 0 Å². The third-order valence-corrected chi connectivity index (χ3v) is 6.08. The molecule has 0 radical (unpaired) electrons. The number of hydrogen-bond donors (Lipinski definition) is 0. The zero-order valence-electron chi connectivity index (χ0n) is 17.8. The quantitative estimate of drug-likeness (QED) is 0.568. The van der Waals surface area contributed by atoms with E-state index in [0.717, 1.165) is 0 Å². The SMILES string of the molecule is Cc1cc(C(F)F)c2c(C)nn(CC(=O)N3CCN(Cc4c(F)cccc4Cl)CC3)c2n1. The van der Waals surface area contributed by atoms with E-state index in [1.54, 1.807) is 30.9 Å². The molecule has 0 saturated carbocycles. The molecule has 1 aliphatic heterocycles. The molecule has 0 N–H and O–H groups in total. The van der Waals surface area contributed by atoms with Gasteiger partial charge in [-0.25, -0.2) is 22.8 Å². The second kappa shape index (κ2) is 9.07. The lowest BCUT2D eigenvalue weighted by Gasteiger charge is -2.35. The molecular formula is C22H23ClF3N5O. The number of aromatic nitrogens is 3. The van der Waals surface area contributed by atoms with Gasteiger partial charge in [-0.15, -0.1) is 0 Å². The number of pyridine rings is 1. The molecule has 1 saturated heterocycles. The normalized spacial score (nSPS) is 15.2. The maximum Gasteiger partial charge on any atom is 0.264 e. The summed E-state index contributed by atoms with van der Waals surface area (Å²) >= 11 is 6.12. The molecule has 6 nitrogen and oxygen atoms in total. The Hall–Kier alpha value is -2.65. The van der Waals surface area contributed by atoms with E-state index in [-0.39, 0.29) is 23.8 Å². The maximum absolute atomic E-state index is 14.1. The van der Waals surface area contributed by atoms with Crippen LogP contribution >= 0.6 is 11.6 Å². The third kappa shape index (κ3) is 4.45. The Morgan fingerprint density at radius 3 is 2.56 bits per heavy atom. The minimum Gasteiger partial charge on any atom is -0.339 e. The van der Waals surface area contributed by atoms with Gasteiger partial charge in [-0.1, -0.05) is 17.7 Å². The molecule has 2 aromatic heterocycles. The molecule has 1 fully saturated rings. The van der Waals surface area contributed by atoms with Gasteiger partial charge in [-0.2, -0.15) is 5.10 Å². The Balaban J connectivity index is 1.44. The summed E-state index contributed by atoms with van der Waals surface area (Å²) in [4.78, 5) is 21.0. The van der Waals surface area contributed by atoms with Gasteiger partial charge in [-0.05, 0) is 32.0 Å². The van der Waals surface area contributed by atoms with Crippen molar-refractivity contribution in [2.75, 3.05) is 26.2 Å². The molecule has 0 atom stereocenters. The number of nitrogens with zero attached hydrogens (tertiary/aromatic N) is 5. The summed E-state index contributed by atoms with van der Waals surface area (Å²) in [6.07, 6.45) is -2.65. The zero-order chi connectivity index (χ0) is 23.0. The first-order chi connectivity index (χ1) is 15.2. The van der Waals surface area contributed by atoms with Crippen LogP contribution in [0.3, 0.4) is 0 Å². The van der Waals surface area contributed by atoms with E-state index in [0.29, 0.717) is 65.7 Å². The van der Waals surface area contributed by atoms with Gasteiger partial charge in [0, 0.05) is 54.6 Å². The fourth-order valence-electron chi connectivity index (χ4n) is 4.09. The topological polar surface area (TPSA) is 54.3 Å². The van der Waals surface area contributed by atoms with Crippen LogP contribution in [0.4, 0.5) is 13.2 Å². The summed E-state index contributed by atoms with van der Waals surface area (Å²) in [5.74, 6) is -0.511. The number of amides is 1. The number of aryl methyl sites for hydroxylation is 2. The van der Waals surface area contributed by atoms with Crippen molar-refractivity contribution >= 4 is 28.5 Å². The van der Waals surface area contributed by atoms with Crippen LogP contribution in [-0.2, 0) is 17.9 Å². The van der Waals surface area contributed by atoms with Crippen molar-refractivity contribution in [3.8, 4) is 0 Å². The lowest BCUT2D eigenvalue weighted by atomic mass is 10.1. The van der Waals surface area contributed by atoms with Crippen LogP contribution in [0, 0.1) is 19.7 Å². The van der Waals surface area contributed by atoms with E-state index >= 15 is 0 Å². The lowest BCUT2D eigenvalue weighted by Crippen LogP contribution is -2.49. The number of rotatable bonds is 5. The number of fused-ring (bicyclic) bond motifs is 1. The van der Waals surface area contributed by atoms with Gasteiger partial charge in [-0.3, -0.25) is 9.69 Å². The Labute approximate surface area is 188 Å². The minimum atomic E-state index is -2.65. The summed E-state index contributed by atoms with van der Waals surface area (Å²) in [6, 6.07) is 5.96. The lowest BCUT2D eigenvalue weighted by molar-refractivity contribution is -0.133. The molecule has 0 unspecified atom stereocenters. The van der Waals surface area contributed by atoms with Crippen LogP contribution in [0.25, 0.3) is 11.0 Å². The predicted molar refractivity (Wildman–Crippen MR) is 115 cm³/mol. The van der Waals surface area contributed by atoms with E-state index in [1.807, 2.05) is 4.90 Å². The second-order valence-electron chi connectivity index (χ2n) is 7.95. The van der Waals surface area contributed by atoms with Crippen LogP contribution in [0.2, 0.25) is 5.02 Å². The van der Waals surface area contributed by atoms with Crippen LogP contribution in [0.15, 0.2) is 24.3 Å². The number of carbonyl (C=O) groups is 1. The Bertz CT molecular complexity index is 1140. The highest BCUT2D eigenvalue weighted by Crippen LogP contribution is 2.30. The Kier molecular flexibility index (Phi) is 6.39. The molecule has 0 bridgehead atoms. The molecule has 3 heterocycles. The summed E-state index contributed by atoms with van der Waals surface area (Å²) in [6.45, 7) is 5.65. The van der Waals surface area contributed by atoms with Gasteiger partial charge in [0.1, 0.15) is 12.4 Å². The van der Waals surface area contributed by atoms with Crippen LogP contribution < -0.4 is 0 Å². The molecular weight excluding hydrogens is 443 g/mol. The van der Waals surface area contributed by atoms with Crippen molar-refractivity contribution < 1.29 is 18.0 Å². The standard InChI is InChI=1S/C22H23ClF3N5O/c1-13-10-15(21(25)26)20-14(2)28-31(22(20)27-13)12-19(32)30-8-6-29(7-9-30)11-16-17(23)4-3-5-18(16)24/h3-5,10,21H,6-9,11-12H2,1-2H3. The number of carbonyl (C=O) groups excluding carboxylic acids is 1. The van der Waals surface area contributed by atoms with E-state index < -0.39 is 6.43 Å². The molecule has 4 rings (SSSR count). The number of piperazine rings is 1. The number of hydrogen-bond acceptors (Lipinski definition) is 4. The van der Waals surface area contributed by atoms with Crippen LogP contribution in [0.5, 0.6) is 0 Å². The smallest absolute Gasteiger partial charge is 0.264 e. The van der Waals surface area contributed by atoms with Crippen molar-refractivity contribution in [1.29, 1.82) is 0 Å². The molecule has 32 heavy (non-hydrogen) atoms. The predicted octanol–water partition coefficient (Wildman–Crippen LogP) is 4.12. The third-order valence-electron chi connectivity index (χ3n) is 5.72. The first-order valence-electron chi connectivity index (χ1n) is 10.3. The fraction of sp³-hybridized carbons (Fsp3) is 0.409. The number of alkyl halides is 2. The molecule has 10 heteroatoms. The first kappa shape index (κ1) is 22.5. The maximum atomic E-state index is 14.1. The highest BCUT2D eigenvalue weighted by atomic mass is 35.5. The van der Waals surface area contributed by atoms with Crippen LogP contribution in [0.1, 0.15) is 28.9 Å². The van der Waals surface area contributed by atoms with Crippen molar-refractivity contribution in [2.24, 2.45) is 0 Å². The summed E-state index contributed by atoms with van der Waals surface area (Å²) in [5.41, 5.74) is 1.48. The zero-order valence-corrected chi connectivity index (χ0v) is 18.5. The van der Waals surface area contributed by atoms with Crippen molar-refractivity contribution in [2.45, 2.75) is 33.4 Å². The van der Waals surface area contributed by atoms with Gasteiger partial charge < -0.3 is 4.90 Å². The number of halogens is 4. The van der Waals surface area contributed by atoms with Crippen LogP contribution in [-0.4, -0.2) is 56.7 Å². The summed E-state index contributed by atoms with van der Waals surface area (Å²) < 4.78 is 42.4. The van der Waals surface area contributed by atoms with Gasteiger partial charge in [0.2, 0.25) is 5.91 Å². The largest absolute Gasteiger partial charge is 0.339 e.